The summed E-state index contributed by atoms with van der Waals surface area (Å²) in [6, 6.07) is 0.141. The smallest absolute Gasteiger partial charge is 0.320 e. The van der Waals surface area contributed by atoms with Gasteiger partial charge in [0.2, 0.25) is 5.91 Å². The van der Waals surface area contributed by atoms with Gasteiger partial charge in [0.1, 0.15) is 0 Å². The van der Waals surface area contributed by atoms with Gasteiger partial charge in [0.05, 0.1) is 0 Å². The third-order valence-electron chi connectivity index (χ3n) is 2.95. The summed E-state index contributed by atoms with van der Waals surface area (Å²) in [5.74, 6) is -2.66. The first kappa shape index (κ1) is 12.7. The van der Waals surface area contributed by atoms with Crippen LogP contribution < -0.4 is 5.32 Å². The van der Waals surface area contributed by atoms with E-state index < -0.39 is 17.8 Å². The van der Waals surface area contributed by atoms with E-state index in [-0.39, 0.29) is 6.04 Å². The molecule has 16 heavy (non-hydrogen) atoms. The Balaban J connectivity index is 2.54. The highest BCUT2D eigenvalue weighted by atomic mass is 16.4. The van der Waals surface area contributed by atoms with Gasteiger partial charge in [-0.2, -0.15) is 0 Å². The number of carbonyl (C=O) groups excluding carboxylic acids is 1. The molecule has 1 aliphatic rings. The molecule has 0 aromatic carbocycles. The lowest BCUT2D eigenvalue weighted by molar-refractivity contribution is -0.145. The Morgan fingerprint density at radius 1 is 1.31 bits per heavy atom. The first-order chi connectivity index (χ1) is 7.52. The van der Waals surface area contributed by atoms with Gasteiger partial charge in [-0.25, -0.2) is 0 Å². The number of carbonyl (C=O) groups is 2. The number of hydrogen-bond donors (Lipinski definition) is 2. The summed E-state index contributed by atoms with van der Waals surface area (Å²) in [7, 11) is 0. The molecule has 0 spiro atoms. The van der Waals surface area contributed by atoms with Crippen molar-refractivity contribution in [1.29, 1.82) is 0 Å². The fourth-order valence-corrected chi connectivity index (χ4v) is 2.08. The Labute approximate surface area is 95.7 Å². The van der Waals surface area contributed by atoms with Crippen molar-refractivity contribution in [2.24, 2.45) is 5.92 Å². The summed E-state index contributed by atoms with van der Waals surface area (Å²) in [4.78, 5) is 22.6. The van der Waals surface area contributed by atoms with Crippen molar-refractivity contribution < 1.29 is 14.7 Å². The van der Waals surface area contributed by atoms with Crippen molar-refractivity contribution in [3.63, 3.8) is 0 Å². The molecular formula is C12H19NO3. The van der Waals surface area contributed by atoms with E-state index in [1.54, 1.807) is 6.92 Å². The highest BCUT2D eigenvalue weighted by Crippen LogP contribution is 2.18. The third-order valence-corrected chi connectivity index (χ3v) is 2.95. The molecular weight excluding hydrogens is 206 g/mol. The molecule has 1 atom stereocenters. The summed E-state index contributed by atoms with van der Waals surface area (Å²) < 4.78 is 0. The first-order valence-electron chi connectivity index (χ1n) is 5.71. The lowest BCUT2D eigenvalue weighted by atomic mass is 9.94. The van der Waals surface area contributed by atoms with Crippen molar-refractivity contribution in [2.75, 3.05) is 0 Å². The molecule has 1 saturated carbocycles. The number of carboxylic acids is 1. The summed E-state index contributed by atoms with van der Waals surface area (Å²) in [5.41, 5.74) is 0.376. The van der Waals surface area contributed by atoms with Gasteiger partial charge in [0.15, 0.2) is 5.92 Å². The van der Waals surface area contributed by atoms with E-state index in [0.29, 0.717) is 5.57 Å². The van der Waals surface area contributed by atoms with Crippen LogP contribution in [0.3, 0.4) is 0 Å². The summed E-state index contributed by atoms with van der Waals surface area (Å²) in [6.07, 6.45) is 5.32. The van der Waals surface area contributed by atoms with Gasteiger partial charge in [0.25, 0.3) is 0 Å². The minimum Gasteiger partial charge on any atom is -0.480 e. The zero-order valence-corrected chi connectivity index (χ0v) is 9.66. The van der Waals surface area contributed by atoms with Gasteiger partial charge in [-0.1, -0.05) is 31.4 Å². The van der Waals surface area contributed by atoms with Crippen LogP contribution in [0, 0.1) is 5.92 Å². The number of aliphatic carboxylic acids is 1. The molecule has 4 nitrogen and oxygen atoms in total. The Morgan fingerprint density at radius 3 is 2.31 bits per heavy atom. The minimum absolute atomic E-state index is 0.141. The van der Waals surface area contributed by atoms with Crippen molar-refractivity contribution in [2.45, 2.75) is 45.1 Å². The van der Waals surface area contributed by atoms with Crippen molar-refractivity contribution in [3.05, 3.63) is 12.2 Å². The summed E-state index contributed by atoms with van der Waals surface area (Å²) >= 11 is 0. The van der Waals surface area contributed by atoms with Crippen molar-refractivity contribution in [3.8, 4) is 0 Å². The number of rotatable bonds is 4. The Bertz CT molecular complexity index is 279. The molecule has 0 aliphatic heterocycles. The molecule has 4 heteroatoms. The van der Waals surface area contributed by atoms with E-state index in [1.807, 2.05) is 0 Å². The quantitative estimate of drug-likeness (QED) is 0.565. The highest BCUT2D eigenvalue weighted by Gasteiger charge is 2.28. The molecule has 1 rings (SSSR count). The molecule has 0 heterocycles. The number of nitrogens with one attached hydrogen (secondary N) is 1. The van der Waals surface area contributed by atoms with Gasteiger partial charge < -0.3 is 10.4 Å². The predicted octanol–water partition coefficient (Wildman–Crippen LogP) is 1.71. The second kappa shape index (κ2) is 5.68. The van der Waals surface area contributed by atoms with Crippen LogP contribution in [-0.4, -0.2) is 23.0 Å². The van der Waals surface area contributed by atoms with Gasteiger partial charge in [-0.05, 0) is 19.8 Å². The van der Waals surface area contributed by atoms with Crippen LogP contribution >= 0.6 is 0 Å². The average molecular weight is 225 g/mol. The van der Waals surface area contributed by atoms with Gasteiger partial charge in [0, 0.05) is 6.04 Å². The topological polar surface area (TPSA) is 66.4 Å². The molecule has 2 N–H and O–H groups in total. The largest absolute Gasteiger partial charge is 0.480 e. The van der Waals surface area contributed by atoms with Gasteiger partial charge in [-0.15, -0.1) is 0 Å². The SMILES string of the molecule is C=C(C)C(C(=O)O)C(=O)NC1CCCCC1. The van der Waals surface area contributed by atoms with E-state index in [0.717, 1.165) is 25.7 Å². The van der Waals surface area contributed by atoms with Gasteiger partial charge in [-0.3, -0.25) is 9.59 Å². The monoisotopic (exact) mass is 225 g/mol. The summed E-state index contributed by atoms with van der Waals surface area (Å²) in [6.45, 7) is 5.12. The molecule has 0 aromatic heterocycles. The van der Waals surface area contributed by atoms with Crippen LogP contribution in [0.15, 0.2) is 12.2 Å². The maximum absolute atomic E-state index is 11.7. The lowest BCUT2D eigenvalue weighted by Gasteiger charge is -2.24. The molecule has 0 saturated heterocycles. The van der Waals surface area contributed by atoms with Crippen LogP contribution in [0.5, 0.6) is 0 Å². The predicted molar refractivity (Wildman–Crippen MR) is 61.0 cm³/mol. The van der Waals surface area contributed by atoms with E-state index in [2.05, 4.69) is 11.9 Å². The number of amides is 1. The molecule has 0 aromatic rings. The van der Waals surface area contributed by atoms with Crippen molar-refractivity contribution in [1.82, 2.24) is 5.32 Å². The molecule has 0 radical (unpaired) electrons. The van der Waals surface area contributed by atoms with Crippen LogP contribution in [-0.2, 0) is 9.59 Å². The Kier molecular flexibility index (Phi) is 4.52. The second-order valence-corrected chi connectivity index (χ2v) is 4.46. The molecule has 90 valence electrons. The third kappa shape index (κ3) is 3.36. The number of hydrogen-bond acceptors (Lipinski definition) is 2. The fraction of sp³-hybridized carbons (Fsp3) is 0.667. The maximum Gasteiger partial charge on any atom is 0.320 e. The normalized spacial score (nSPS) is 18.8. The van der Waals surface area contributed by atoms with Crippen molar-refractivity contribution >= 4 is 11.9 Å². The zero-order valence-electron chi connectivity index (χ0n) is 9.66. The molecule has 1 aliphatic carbocycles. The van der Waals surface area contributed by atoms with Gasteiger partial charge >= 0.3 is 5.97 Å². The second-order valence-electron chi connectivity index (χ2n) is 4.46. The fourth-order valence-electron chi connectivity index (χ4n) is 2.08. The minimum atomic E-state index is -1.12. The van der Waals surface area contributed by atoms with Crippen LogP contribution in [0.2, 0.25) is 0 Å². The lowest BCUT2D eigenvalue weighted by Crippen LogP contribution is -2.42. The summed E-state index contributed by atoms with van der Waals surface area (Å²) in [5, 5.41) is 11.7. The maximum atomic E-state index is 11.7. The van der Waals surface area contributed by atoms with Crippen LogP contribution in [0.25, 0.3) is 0 Å². The van der Waals surface area contributed by atoms with E-state index in [9.17, 15) is 9.59 Å². The van der Waals surface area contributed by atoms with E-state index in [1.165, 1.54) is 6.42 Å². The average Bonchev–Trinajstić information content (AvgIpc) is 2.17. The standard InChI is InChI=1S/C12H19NO3/c1-8(2)10(12(15)16)11(14)13-9-6-4-3-5-7-9/h9-10H,1,3-7H2,2H3,(H,13,14)(H,15,16). The Hall–Kier alpha value is -1.32. The molecule has 1 amide bonds. The Morgan fingerprint density at radius 2 is 1.88 bits per heavy atom. The zero-order chi connectivity index (χ0) is 12.1. The van der Waals surface area contributed by atoms with E-state index in [4.69, 9.17) is 5.11 Å². The molecule has 1 fully saturated rings. The molecule has 1 unspecified atom stereocenters. The molecule has 0 bridgehead atoms. The first-order valence-corrected chi connectivity index (χ1v) is 5.71. The highest BCUT2D eigenvalue weighted by molar-refractivity contribution is 5.99. The van der Waals surface area contributed by atoms with Crippen LogP contribution in [0.4, 0.5) is 0 Å². The number of carboxylic acid groups (broad SMARTS) is 1. The van der Waals surface area contributed by atoms with Crippen LogP contribution in [0.1, 0.15) is 39.0 Å². The van der Waals surface area contributed by atoms with E-state index >= 15 is 0 Å².